The van der Waals surface area contributed by atoms with Gasteiger partial charge in [0, 0.05) is 28.2 Å². The summed E-state index contributed by atoms with van der Waals surface area (Å²) in [6, 6.07) is 20.2. The lowest BCUT2D eigenvalue weighted by atomic mass is 10.1. The predicted molar refractivity (Wildman–Crippen MR) is 93.2 cm³/mol. The Kier molecular flexibility index (Phi) is 4.14. The number of hydrogen-bond donors (Lipinski definition) is 3. The molecule has 1 unspecified atom stereocenters. The van der Waals surface area contributed by atoms with E-state index in [0.717, 1.165) is 19.1 Å². The molecular formula is C20H25N3+2. The summed E-state index contributed by atoms with van der Waals surface area (Å²) in [7, 11) is 0. The molecule has 0 radical (unpaired) electrons. The summed E-state index contributed by atoms with van der Waals surface area (Å²) in [4.78, 5) is 5.10. The van der Waals surface area contributed by atoms with Crippen LogP contribution in [0.3, 0.4) is 0 Å². The average molecular weight is 307 g/mol. The molecule has 3 aromatic rings. The Morgan fingerprint density at radius 1 is 1.04 bits per heavy atom. The van der Waals surface area contributed by atoms with Gasteiger partial charge in [0.25, 0.3) is 0 Å². The van der Waals surface area contributed by atoms with Crippen molar-refractivity contribution in [2.75, 3.05) is 13.1 Å². The van der Waals surface area contributed by atoms with Crippen LogP contribution in [0, 0.1) is 0 Å². The van der Waals surface area contributed by atoms with Crippen molar-refractivity contribution in [1.29, 1.82) is 0 Å². The molecule has 2 heterocycles. The fourth-order valence-corrected chi connectivity index (χ4v) is 3.80. The van der Waals surface area contributed by atoms with Gasteiger partial charge in [-0.2, -0.15) is 0 Å². The number of para-hydroxylation sites is 1. The van der Waals surface area contributed by atoms with Crippen molar-refractivity contribution in [1.82, 2.24) is 4.98 Å². The number of fused-ring (bicyclic) bond motifs is 1. The van der Waals surface area contributed by atoms with Gasteiger partial charge in [-0.15, -0.1) is 0 Å². The number of likely N-dealkylation sites (tertiary alicyclic amines) is 1. The molecule has 3 nitrogen and oxygen atoms in total. The first kappa shape index (κ1) is 14.5. The summed E-state index contributed by atoms with van der Waals surface area (Å²) in [5.74, 6) is 0. The van der Waals surface area contributed by atoms with Gasteiger partial charge in [0.05, 0.1) is 13.0 Å². The van der Waals surface area contributed by atoms with Gasteiger partial charge in [-0.05, 0) is 6.07 Å². The van der Waals surface area contributed by atoms with E-state index >= 15 is 0 Å². The van der Waals surface area contributed by atoms with E-state index in [9.17, 15) is 0 Å². The number of rotatable bonds is 5. The highest BCUT2D eigenvalue weighted by Gasteiger charge is 2.28. The highest BCUT2D eigenvalue weighted by molar-refractivity contribution is 5.82. The zero-order chi connectivity index (χ0) is 15.5. The van der Waals surface area contributed by atoms with Gasteiger partial charge in [-0.3, -0.25) is 0 Å². The Labute approximate surface area is 137 Å². The smallest absolute Gasteiger partial charge is 0.141 e. The van der Waals surface area contributed by atoms with Crippen LogP contribution in [0.4, 0.5) is 0 Å². The molecule has 0 aliphatic carbocycles. The minimum atomic E-state index is 0.752. The van der Waals surface area contributed by atoms with Crippen molar-refractivity contribution in [3.8, 4) is 0 Å². The lowest BCUT2D eigenvalue weighted by Gasteiger charge is -2.12. The molecule has 4 N–H and O–H groups in total. The van der Waals surface area contributed by atoms with Gasteiger partial charge in [0.1, 0.15) is 25.7 Å². The van der Waals surface area contributed by atoms with Gasteiger partial charge < -0.3 is 15.2 Å². The normalized spacial score (nSPS) is 21.0. The molecule has 3 heteroatoms. The minimum Gasteiger partial charge on any atom is -0.361 e. The Balaban J connectivity index is 1.32. The first-order valence-electron chi connectivity index (χ1n) is 8.64. The van der Waals surface area contributed by atoms with Crippen LogP contribution in [0.1, 0.15) is 17.5 Å². The van der Waals surface area contributed by atoms with Crippen LogP contribution in [0.15, 0.2) is 60.8 Å². The summed E-state index contributed by atoms with van der Waals surface area (Å²) in [5, 5.41) is 3.91. The summed E-state index contributed by atoms with van der Waals surface area (Å²) < 4.78 is 0. The molecule has 118 valence electrons. The topological polar surface area (TPSA) is 36.8 Å². The lowest BCUT2D eigenvalue weighted by Crippen LogP contribution is -3.10. The van der Waals surface area contributed by atoms with Crippen molar-refractivity contribution in [3.05, 3.63) is 71.9 Å². The number of hydrogen-bond acceptors (Lipinski definition) is 0. The summed E-state index contributed by atoms with van der Waals surface area (Å²) in [6.45, 7) is 4.81. The molecule has 1 aliphatic rings. The van der Waals surface area contributed by atoms with E-state index < -0.39 is 0 Å². The molecule has 2 atom stereocenters. The monoisotopic (exact) mass is 307 g/mol. The maximum absolute atomic E-state index is 3.38. The van der Waals surface area contributed by atoms with E-state index in [2.05, 4.69) is 71.1 Å². The molecule has 0 spiro atoms. The molecule has 4 rings (SSSR count). The second kappa shape index (κ2) is 6.57. The SMILES string of the molecule is c1ccc(C[NH+]2CC[C@@H]([NH2+]Cc3c[nH]c4ccccc34)C2)cc1. The second-order valence-electron chi connectivity index (χ2n) is 6.71. The van der Waals surface area contributed by atoms with Gasteiger partial charge in [-0.25, -0.2) is 0 Å². The Morgan fingerprint density at radius 2 is 1.87 bits per heavy atom. The van der Waals surface area contributed by atoms with Crippen molar-refractivity contribution >= 4 is 10.9 Å². The maximum Gasteiger partial charge on any atom is 0.141 e. The number of nitrogens with two attached hydrogens (primary N) is 1. The second-order valence-corrected chi connectivity index (χ2v) is 6.71. The zero-order valence-corrected chi connectivity index (χ0v) is 13.5. The fraction of sp³-hybridized carbons (Fsp3) is 0.300. The molecular weight excluding hydrogens is 282 g/mol. The van der Waals surface area contributed by atoms with Crippen molar-refractivity contribution in [2.45, 2.75) is 25.6 Å². The predicted octanol–water partition coefficient (Wildman–Crippen LogP) is 1.09. The van der Waals surface area contributed by atoms with Crippen LogP contribution in [-0.2, 0) is 13.1 Å². The van der Waals surface area contributed by atoms with E-state index in [1.807, 2.05) is 0 Å². The quantitative estimate of drug-likeness (QED) is 0.631. The summed E-state index contributed by atoms with van der Waals surface area (Å²) in [5.41, 5.74) is 4.13. The summed E-state index contributed by atoms with van der Waals surface area (Å²) in [6.07, 6.45) is 3.50. The van der Waals surface area contributed by atoms with E-state index in [4.69, 9.17) is 0 Å². The van der Waals surface area contributed by atoms with Gasteiger partial charge in [0.2, 0.25) is 0 Å². The molecule has 1 saturated heterocycles. The molecule has 1 aliphatic heterocycles. The standard InChI is InChI=1S/C20H23N3/c1-2-6-16(7-3-1)14-23-11-10-18(15-23)21-12-17-13-22-20-9-5-4-8-19(17)20/h1-9,13,18,21-22H,10-12,14-15H2/p+2/t18-/m1/s1. The Hall–Kier alpha value is -2.10. The Morgan fingerprint density at radius 3 is 2.78 bits per heavy atom. The van der Waals surface area contributed by atoms with Gasteiger partial charge in [-0.1, -0.05) is 48.5 Å². The van der Waals surface area contributed by atoms with Crippen LogP contribution in [0.5, 0.6) is 0 Å². The third-order valence-electron chi connectivity index (χ3n) is 5.06. The molecule has 0 saturated carbocycles. The van der Waals surface area contributed by atoms with E-state index in [1.165, 1.54) is 41.5 Å². The number of quaternary nitrogens is 2. The highest BCUT2D eigenvalue weighted by Crippen LogP contribution is 2.16. The van der Waals surface area contributed by atoms with Crippen molar-refractivity contribution < 1.29 is 10.2 Å². The third-order valence-corrected chi connectivity index (χ3v) is 5.06. The maximum atomic E-state index is 3.38. The van der Waals surface area contributed by atoms with Gasteiger partial charge >= 0.3 is 0 Å². The molecule has 0 amide bonds. The number of nitrogens with one attached hydrogen (secondary N) is 2. The lowest BCUT2D eigenvalue weighted by molar-refractivity contribution is -0.911. The third kappa shape index (κ3) is 3.31. The first-order chi connectivity index (χ1) is 11.4. The van der Waals surface area contributed by atoms with Crippen LogP contribution >= 0.6 is 0 Å². The molecule has 1 fully saturated rings. The van der Waals surface area contributed by atoms with E-state index in [-0.39, 0.29) is 0 Å². The van der Waals surface area contributed by atoms with Gasteiger partial charge in [0.15, 0.2) is 0 Å². The highest BCUT2D eigenvalue weighted by atomic mass is 15.2. The van der Waals surface area contributed by atoms with Crippen LogP contribution in [0.2, 0.25) is 0 Å². The minimum absolute atomic E-state index is 0.752. The zero-order valence-electron chi connectivity index (χ0n) is 13.5. The first-order valence-corrected chi connectivity index (χ1v) is 8.64. The fourth-order valence-electron chi connectivity index (χ4n) is 3.80. The number of aromatic nitrogens is 1. The van der Waals surface area contributed by atoms with E-state index in [0.29, 0.717) is 0 Å². The van der Waals surface area contributed by atoms with Crippen LogP contribution in [-0.4, -0.2) is 24.1 Å². The molecule has 1 aromatic heterocycles. The van der Waals surface area contributed by atoms with Crippen LogP contribution < -0.4 is 10.2 Å². The number of benzene rings is 2. The Bertz CT molecular complexity index is 763. The molecule has 2 aromatic carbocycles. The van der Waals surface area contributed by atoms with Crippen molar-refractivity contribution in [2.24, 2.45) is 0 Å². The van der Waals surface area contributed by atoms with Crippen LogP contribution in [0.25, 0.3) is 10.9 Å². The van der Waals surface area contributed by atoms with E-state index in [1.54, 1.807) is 4.90 Å². The number of aromatic amines is 1. The average Bonchev–Trinajstić information content (AvgIpc) is 3.21. The molecule has 23 heavy (non-hydrogen) atoms. The number of H-pyrrole nitrogens is 1. The summed E-state index contributed by atoms with van der Waals surface area (Å²) >= 11 is 0. The van der Waals surface area contributed by atoms with Crippen molar-refractivity contribution in [3.63, 3.8) is 0 Å². The molecule has 0 bridgehead atoms. The largest absolute Gasteiger partial charge is 0.361 e.